The molecule has 24 heavy (non-hydrogen) atoms. The summed E-state index contributed by atoms with van der Waals surface area (Å²) in [5, 5.41) is 3.04. The van der Waals surface area contributed by atoms with E-state index < -0.39 is 12.1 Å². The molecule has 0 aliphatic heterocycles. The van der Waals surface area contributed by atoms with Crippen LogP contribution in [0.2, 0.25) is 5.15 Å². The van der Waals surface area contributed by atoms with Gasteiger partial charge in [-0.25, -0.2) is 9.78 Å². The van der Waals surface area contributed by atoms with Crippen molar-refractivity contribution in [3.05, 3.63) is 58.4 Å². The maximum Gasteiger partial charge on any atom is 0.339 e. The van der Waals surface area contributed by atoms with Crippen LogP contribution in [-0.2, 0) is 9.53 Å². The number of nitrogens with zero attached hydrogens (tertiary/aromatic N) is 1. The molecule has 1 aromatic carbocycles. The van der Waals surface area contributed by atoms with Gasteiger partial charge in [-0.05, 0) is 43.5 Å². The third kappa shape index (κ3) is 4.32. The molecule has 5 nitrogen and oxygen atoms in total. The number of hydrogen-bond donors (Lipinski definition) is 1. The second-order valence-electron chi connectivity index (χ2n) is 5.43. The van der Waals surface area contributed by atoms with Gasteiger partial charge in [-0.2, -0.15) is 0 Å². The Labute approximate surface area is 146 Å². The van der Waals surface area contributed by atoms with Crippen molar-refractivity contribution in [2.75, 3.05) is 5.32 Å². The Hall–Kier alpha value is -2.40. The molecular weight excluding hydrogens is 328 g/mol. The van der Waals surface area contributed by atoms with Crippen molar-refractivity contribution in [2.45, 2.75) is 33.3 Å². The molecule has 0 fully saturated rings. The summed E-state index contributed by atoms with van der Waals surface area (Å²) in [4.78, 5) is 28.4. The van der Waals surface area contributed by atoms with Gasteiger partial charge in [0.25, 0.3) is 5.91 Å². The maximum absolute atomic E-state index is 12.5. The first-order valence-electron chi connectivity index (χ1n) is 7.62. The van der Waals surface area contributed by atoms with Crippen LogP contribution in [0.1, 0.15) is 34.8 Å². The summed E-state index contributed by atoms with van der Waals surface area (Å²) >= 11 is 5.77. The topological polar surface area (TPSA) is 68.3 Å². The van der Waals surface area contributed by atoms with Crippen LogP contribution < -0.4 is 5.32 Å². The minimum atomic E-state index is -0.886. The third-order valence-electron chi connectivity index (χ3n) is 3.60. The summed E-state index contributed by atoms with van der Waals surface area (Å²) in [5.41, 5.74) is 2.90. The van der Waals surface area contributed by atoms with Crippen LogP contribution in [0.5, 0.6) is 0 Å². The first-order valence-corrected chi connectivity index (χ1v) is 7.99. The van der Waals surface area contributed by atoms with Crippen molar-refractivity contribution in [1.29, 1.82) is 0 Å². The van der Waals surface area contributed by atoms with Gasteiger partial charge in [-0.15, -0.1) is 0 Å². The Kier molecular flexibility index (Phi) is 5.93. The van der Waals surface area contributed by atoms with Crippen LogP contribution in [0.15, 0.2) is 36.5 Å². The number of carbonyl (C=O) groups excluding carboxylic acids is 2. The number of amides is 1. The van der Waals surface area contributed by atoms with E-state index in [0.29, 0.717) is 6.42 Å². The van der Waals surface area contributed by atoms with Crippen molar-refractivity contribution in [2.24, 2.45) is 0 Å². The molecule has 1 N–H and O–H groups in total. The van der Waals surface area contributed by atoms with Gasteiger partial charge in [0.05, 0.1) is 5.56 Å². The van der Waals surface area contributed by atoms with Crippen LogP contribution in [-0.4, -0.2) is 23.0 Å². The molecule has 0 aliphatic rings. The number of esters is 1. The van der Waals surface area contributed by atoms with Crippen molar-refractivity contribution in [3.8, 4) is 0 Å². The van der Waals surface area contributed by atoms with Crippen LogP contribution in [0.4, 0.5) is 5.69 Å². The molecule has 1 unspecified atom stereocenters. The predicted octanol–water partition coefficient (Wildman–Crippen LogP) is 3.93. The van der Waals surface area contributed by atoms with Crippen LogP contribution >= 0.6 is 11.6 Å². The maximum atomic E-state index is 12.5. The lowest BCUT2D eigenvalue weighted by Gasteiger charge is -2.18. The third-order valence-corrected chi connectivity index (χ3v) is 3.81. The summed E-state index contributed by atoms with van der Waals surface area (Å²) in [7, 11) is 0. The number of anilines is 1. The highest BCUT2D eigenvalue weighted by Crippen LogP contribution is 2.20. The highest BCUT2D eigenvalue weighted by molar-refractivity contribution is 6.29. The second-order valence-corrected chi connectivity index (χ2v) is 5.81. The van der Waals surface area contributed by atoms with Gasteiger partial charge in [0.1, 0.15) is 5.15 Å². The normalized spacial score (nSPS) is 11.7. The van der Waals surface area contributed by atoms with Gasteiger partial charge < -0.3 is 10.1 Å². The molecule has 1 amide bonds. The zero-order chi connectivity index (χ0) is 17.7. The molecule has 6 heteroatoms. The van der Waals surface area contributed by atoms with E-state index in [0.717, 1.165) is 16.8 Å². The van der Waals surface area contributed by atoms with E-state index in [2.05, 4.69) is 10.3 Å². The van der Waals surface area contributed by atoms with E-state index >= 15 is 0 Å². The summed E-state index contributed by atoms with van der Waals surface area (Å²) in [6, 6.07) is 8.64. The number of pyridine rings is 1. The molecule has 1 aromatic heterocycles. The fourth-order valence-corrected chi connectivity index (χ4v) is 2.44. The van der Waals surface area contributed by atoms with Crippen molar-refractivity contribution >= 4 is 29.2 Å². The molecule has 0 saturated carbocycles. The monoisotopic (exact) mass is 346 g/mol. The number of para-hydroxylation sites is 1. The fraction of sp³-hybridized carbons (Fsp3) is 0.278. The Bertz CT molecular complexity index is 741. The second kappa shape index (κ2) is 7.93. The standard InChI is InChI=1S/C18H19ClN2O3/c1-4-14(24-18(23)13-8-9-20-15(19)10-13)17(22)21-16-11(2)6-5-7-12(16)3/h5-10,14H,4H2,1-3H3,(H,21,22). The number of nitrogens with one attached hydrogen (secondary N) is 1. The Morgan fingerprint density at radius 2 is 1.92 bits per heavy atom. The van der Waals surface area contributed by atoms with E-state index in [1.54, 1.807) is 6.92 Å². The van der Waals surface area contributed by atoms with E-state index in [9.17, 15) is 9.59 Å². The Balaban J connectivity index is 2.10. The molecule has 126 valence electrons. The average Bonchev–Trinajstić information content (AvgIpc) is 2.55. The van der Waals surface area contributed by atoms with E-state index in [1.807, 2.05) is 32.0 Å². The molecule has 0 spiro atoms. The largest absolute Gasteiger partial charge is 0.449 e. The Morgan fingerprint density at radius 1 is 1.25 bits per heavy atom. The van der Waals surface area contributed by atoms with Gasteiger partial charge in [0, 0.05) is 11.9 Å². The number of carbonyl (C=O) groups is 2. The fourth-order valence-electron chi connectivity index (χ4n) is 2.26. The van der Waals surface area contributed by atoms with Crippen molar-refractivity contribution < 1.29 is 14.3 Å². The predicted molar refractivity (Wildman–Crippen MR) is 93.3 cm³/mol. The molecule has 2 rings (SSSR count). The van der Waals surface area contributed by atoms with E-state index in [1.165, 1.54) is 18.3 Å². The van der Waals surface area contributed by atoms with Gasteiger partial charge in [0.15, 0.2) is 6.10 Å². The summed E-state index contributed by atoms with van der Waals surface area (Å²) < 4.78 is 5.32. The number of benzene rings is 1. The molecule has 0 saturated heterocycles. The number of aryl methyl sites for hydroxylation is 2. The first kappa shape index (κ1) is 17.9. The molecule has 1 atom stereocenters. The number of halogens is 1. The van der Waals surface area contributed by atoms with Gasteiger partial charge >= 0.3 is 5.97 Å². The molecule has 0 radical (unpaired) electrons. The quantitative estimate of drug-likeness (QED) is 0.658. The number of ether oxygens (including phenoxy) is 1. The van der Waals surface area contributed by atoms with Gasteiger partial charge in [-0.1, -0.05) is 36.7 Å². The minimum absolute atomic E-state index is 0.192. The molecular formula is C18H19ClN2O3. The molecule has 0 aliphatic carbocycles. The lowest BCUT2D eigenvalue weighted by atomic mass is 10.1. The summed E-state index contributed by atoms with van der Waals surface area (Å²) in [6.07, 6.45) is 0.890. The zero-order valence-electron chi connectivity index (χ0n) is 13.8. The Morgan fingerprint density at radius 3 is 2.50 bits per heavy atom. The van der Waals surface area contributed by atoms with Crippen LogP contribution in [0.25, 0.3) is 0 Å². The first-order chi connectivity index (χ1) is 11.4. The van der Waals surface area contributed by atoms with Crippen molar-refractivity contribution in [3.63, 3.8) is 0 Å². The average molecular weight is 347 g/mol. The molecule has 2 aromatic rings. The van der Waals surface area contributed by atoms with Gasteiger partial charge in [0.2, 0.25) is 0 Å². The highest BCUT2D eigenvalue weighted by atomic mass is 35.5. The van der Waals surface area contributed by atoms with Crippen LogP contribution in [0, 0.1) is 13.8 Å². The molecule has 1 heterocycles. The number of aromatic nitrogens is 1. The lowest BCUT2D eigenvalue weighted by Crippen LogP contribution is -2.32. The smallest absolute Gasteiger partial charge is 0.339 e. The molecule has 0 bridgehead atoms. The SMILES string of the molecule is CCC(OC(=O)c1ccnc(Cl)c1)C(=O)Nc1c(C)cccc1C. The summed E-state index contributed by atoms with van der Waals surface area (Å²) in [6.45, 7) is 5.60. The number of hydrogen-bond acceptors (Lipinski definition) is 4. The minimum Gasteiger partial charge on any atom is -0.449 e. The summed E-state index contributed by atoms with van der Waals surface area (Å²) in [5.74, 6) is -0.966. The lowest BCUT2D eigenvalue weighted by molar-refractivity contribution is -0.124. The van der Waals surface area contributed by atoms with E-state index in [4.69, 9.17) is 16.3 Å². The number of rotatable bonds is 5. The van der Waals surface area contributed by atoms with Crippen molar-refractivity contribution in [1.82, 2.24) is 4.98 Å². The highest BCUT2D eigenvalue weighted by Gasteiger charge is 2.23. The van der Waals surface area contributed by atoms with Gasteiger partial charge in [-0.3, -0.25) is 4.79 Å². The zero-order valence-corrected chi connectivity index (χ0v) is 14.6. The van der Waals surface area contributed by atoms with Crippen LogP contribution in [0.3, 0.4) is 0 Å². The van der Waals surface area contributed by atoms with E-state index in [-0.39, 0.29) is 16.6 Å².